The van der Waals surface area contributed by atoms with E-state index >= 15 is 0 Å². The van der Waals surface area contributed by atoms with Crippen LogP contribution < -0.4 is 14.2 Å². The molecule has 3 N–H and O–H groups in total. The van der Waals surface area contributed by atoms with Crippen molar-refractivity contribution in [2.24, 2.45) is 0 Å². The van der Waals surface area contributed by atoms with Crippen LogP contribution in [-0.2, 0) is 11.2 Å². The number of hydrogen-bond donors (Lipinski definition) is 3. The zero-order valence-corrected chi connectivity index (χ0v) is 28.6. The third-order valence-electron chi connectivity index (χ3n) is 8.14. The normalized spacial score (nSPS) is 11.3. The largest absolute Gasteiger partial charge is 0.490 e. The minimum Gasteiger partial charge on any atom is -0.490 e. The van der Waals surface area contributed by atoms with Crippen molar-refractivity contribution in [2.45, 2.75) is 32.8 Å². The van der Waals surface area contributed by atoms with Crippen molar-refractivity contribution < 1.29 is 52.7 Å². The minimum atomic E-state index is -1.29. The second-order valence-electron chi connectivity index (χ2n) is 11.8. The zero-order valence-electron chi connectivity index (χ0n) is 28.6. The Kier molecular flexibility index (Phi) is 12.1. The van der Waals surface area contributed by atoms with Gasteiger partial charge in [-0.3, -0.25) is 0 Å². The number of hydrogen-bond acceptors (Lipinski definition) is 8. The van der Waals surface area contributed by atoms with Gasteiger partial charge in [0.25, 0.3) is 0 Å². The van der Waals surface area contributed by atoms with Crippen LogP contribution in [0.2, 0.25) is 0 Å². The van der Waals surface area contributed by atoms with E-state index < -0.39 is 35.6 Å². The molecule has 0 saturated heterocycles. The van der Waals surface area contributed by atoms with Crippen LogP contribution in [-0.4, -0.2) is 62.5 Å². The van der Waals surface area contributed by atoms with Crippen LogP contribution in [0.1, 0.15) is 44.1 Å². The van der Waals surface area contributed by atoms with Crippen LogP contribution in [0.15, 0.2) is 97.1 Å². The molecule has 6 aromatic rings. The van der Waals surface area contributed by atoms with Gasteiger partial charge in [-0.25, -0.2) is 33.1 Å². The third-order valence-corrected chi connectivity index (χ3v) is 8.14. The van der Waals surface area contributed by atoms with Gasteiger partial charge in [-0.05, 0) is 85.8 Å². The standard InChI is InChI=1S/C20H16FNO5.C20H18FNO4/c21-13-7-8-15-14(10-13)18(11-16(22-15)19(23)24)27-17(20(25)26)9-6-12-4-2-1-3-5-12;1-12-4-3-5-18(13(12)2)25-8-9-26-19-11-17(20(23)24)22-16-7-6-14(21)10-15(16)19/h1-5,7-8,10-11,17H,6,9H2,(H,23,24)(H,25,26);3-7,10-11H,8-9H2,1-2H3,(H,23,24). The van der Waals surface area contributed by atoms with Gasteiger partial charge in [0, 0.05) is 22.9 Å². The molecule has 2 heterocycles. The van der Waals surface area contributed by atoms with Crippen LogP contribution in [0, 0.1) is 25.5 Å². The molecule has 2 aromatic heterocycles. The van der Waals surface area contributed by atoms with E-state index in [0.717, 1.165) is 40.6 Å². The van der Waals surface area contributed by atoms with E-state index in [4.69, 9.17) is 14.2 Å². The number of aromatic carboxylic acids is 2. The summed E-state index contributed by atoms with van der Waals surface area (Å²) in [5, 5.41) is 28.5. The topological polar surface area (TPSA) is 165 Å². The van der Waals surface area contributed by atoms with Gasteiger partial charge >= 0.3 is 17.9 Å². The Morgan fingerprint density at radius 2 is 1.21 bits per heavy atom. The number of rotatable bonds is 13. The SMILES string of the molecule is Cc1cccc(OCCOc2cc(C(=O)O)nc3ccc(F)cc23)c1C.O=C(O)c1cc(OC(CCc2ccccc2)C(=O)O)c2cc(F)ccc2n1. The Bertz CT molecular complexity index is 2280. The Morgan fingerprint density at radius 1 is 0.660 bits per heavy atom. The lowest BCUT2D eigenvalue weighted by Gasteiger charge is -2.17. The van der Waals surface area contributed by atoms with Crippen molar-refractivity contribution >= 4 is 39.7 Å². The molecule has 0 aliphatic rings. The second kappa shape index (κ2) is 17.1. The number of carboxylic acid groups (broad SMARTS) is 3. The van der Waals surface area contributed by atoms with Crippen molar-refractivity contribution in [2.75, 3.05) is 13.2 Å². The molecule has 6 rings (SSSR count). The van der Waals surface area contributed by atoms with Gasteiger partial charge in [-0.1, -0.05) is 42.5 Å². The predicted octanol–water partition coefficient (Wildman–Crippen LogP) is 7.68. The summed E-state index contributed by atoms with van der Waals surface area (Å²) >= 11 is 0. The van der Waals surface area contributed by atoms with Gasteiger partial charge in [0.05, 0.1) is 11.0 Å². The average molecular weight is 725 g/mol. The summed E-state index contributed by atoms with van der Waals surface area (Å²) in [4.78, 5) is 42.1. The molecule has 1 atom stereocenters. The molecule has 272 valence electrons. The Morgan fingerprint density at radius 3 is 1.77 bits per heavy atom. The molecular weight excluding hydrogens is 690 g/mol. The van der Waals surface area contributed by atoms with Crippen molar-refractivity contribution in [1.82, 2.24) is 9.97 Å². The lowest BCUT2D eigenvalue weighted by Crippen LogP contribution is -2.28. The summed E-state index contributed by atoms with van der Waals surface area (Å²) < 4.78 is 44.1. The predicted molar refractivity (Wildman–Crippen MR) is 191 cm³/mol. The van der Waals surface area contributed by atoms with Crippen LogP contribution in [0.3, 0.4) is 0 Å². The van der Waals surface area contributed by atoms with E-state index in [1.807, 2.05) is 62.4 Å². The highest BCUT2D eigenvalue weighted by atomic mass is 19.1. The van der Waals surface area contributed by atoms with Crippen LogP contribution in [0.5, 0.6) is 17.2 Å². The van der Waals surface area contributed by atoms with Crippen LogP contribution in [0.25, 0.3) is 21.8 Å². The Balaban J connectivity index is 0.000000204. The number of aliphatic carboxylic acids is 1. The number of halogens is 2. The fourth-order valence-corrected chi connectivity index (χ4v) is 5.28. The van der Waals surface area contributed by atoms with Gasteiger partial charge < -0.3 is 29.5 Å². The number of aryl methyl sites for hydroxylation is 2. The van der Waals surface area contributed by atoms with Crippen LogP contribution >= 0.6 is 0 Å². The molecule has 11 nitrogen and oxygen atoms in total. The first-order valence-electron chi connectivity index (χ1n) is 16.3. The van der Waals surface area contributed by atoms with Gasteiger partial charge in [-0.2, -0.15) is 0 Å². The zero-order chi connectivity index (χ0) is 38.1. The average Bonchev–Trinajstić information content (AvgIpc) is 3.13. The molecule has 53 heavy (non-hydrogen) atoms. The van der Waals surface area contributed by atoms with Gasteiger partial charge in [-0.15, -0.1) is 0 Å². The number of benzene rings is 4. The van der Waals surface area contributed by atoms with Crippen molar-refractivity contribution in [3.63, 3.8) is 0 Å². The van der Waals surface area contributed by atoms with Gasteiger partial charge in [0.2, 0.25) is 0 Å². The Labute approximate surface area is 302 Å². The first-order chi connectivity index (χ1) is 25.4. The molecule has 13 heteroatoms. The maximum Gasteiger partial charge on any atom is 0.354 e. The summed E-state index contributed by atoms with van der Waals surface area (Å²) in [6, 6.07) is 25.1. The van der Waals surface area contributed by atoms with Crippen molar-refractivity contribution in [1.29, 1.82) is 0 Å². The lowest BCUT2D eigenvalue weighted by molar-refractivity contribution is -0.145. The number of aromatic nitrogens is 2. The van der Waals surface area contributed by atoms with E-state index in [1.165, 1.54) is 30.3 Å². The van der Waals surface area contributed by atoms with Crippen molar-refractivity contribution in [3.8, 4) is 17.2 Å². The summed E-state index contributed by atoms with van der Waals surface area (Å²) in [6.45, 7) is 4.43. The lowest BCUT2D eigenvalue weighted by atomic mass is 10.1. The molecular formula is C40H34F2N2O9. The number of carbonyl (C=O) groups is 3. The summed E-state index contributed by atoms with van der Waals surface area (Å²) in [7, 11) is 0. The molecule has 0 aliphatic carbocycles. The third kappa shape index (κ3) is 9.79. The quantitative estimate of drug-likeness (QED) is 0.100. The smallest absolute Gasteiger partial charge is 0.354 e. The highest BCUT2D eigenvalue weighted by Gasteiger charge is 2.22. The molecule has 0 fully saturated rings. The van der Waals surface area contributed by atoms with Gasteiger partial charge in [0.1, 0.15) is 42.1 Å². The Hall–Kier alpha value is -6.63. The molecule has 0 bridgehead atoms. The summed E-state index contributed by atoms with van der Waals surface area (Å²) in [5.74, 6) is -3.66. The van der Waals surface area contributed by atoms with E-state index in [2.05, 4.69) is 9.97 Å². The first-order valence-corrected chi connectivity index (χ1v) is 16.3. The molecule has 0 saturated carbocycles. The number of pyridine rings is 2. The second-order valence-corrected chi connectivity index (χ2v) is 11.8. The monoisotopic (exact) mass is 724 g/mol. The fourth-order valence-electron chi connectivity index (χ4n) is 5.28. The summed E-state index contributed by atoms with van der Waals surface area (Å²) in [6.07, 6.45) is -0.595. The van der Waals surface area contributed by atoms with E-state index in [9.17, 15) is 38.5 Å². The van der Waals surface area contributed by atoms with E-state index in [-0.39, 0.29) is 53.4 Å². The molecule has 0 amide bonds. The van der Waals surface area contributed by atoms with E-state index in [1.54, 1.807) is 0 Å². The number of carboxylic acids is 3. The number of ether oxygens (including phenoxy) is 3. The van der Waals surface area contributed by atoms with Gasteiger partial charge in [0.15, 0.2) is 17.5 Å². The van der Waals surface area contributed by atoms with E-state index in [0.29, 0.717) is 17.3 Å². The molecule has 0 spiro atoms. The first kappa shape index (κ1) is 37.6. The van der Waals surface area contributed by atoms with Crippen molar-refractivity contribution in [3.05, 3.63) is 137 Å². The highest BCUT2D eigenvalue weighted by Crippen LogP contribution is 2.29. The molecule has 4 aromatic carbocycles. The number of fused-ring (bicyclic) bond motifs is 2. The minimum absolute atomic E-state index is 0.0302. The molecule has 0 radical (unpaired) electrons. The maximum atomic E-state index is 13.6. The highest BCUT2D eigenvalue weighted by molar-refractivity contribution is 5.94. The van der Waals surface area contributed by atoms with Crippen LogP contribution in [0.4, 0.5) is 8.78 Å². The fraction of sp³-hybridized carbons (Fsp3) is 0.175. The molecule has 0 aliphatic heterocycles. The molecule has 1 unspecified atom stereocenters. The maximum absolute atomic E-state index is 13.6. The number of nitrogens with zero attached hydrogens (tertiary/aromatic N) is 2. The summed E-state index contributed by atoms with van der Waals surface area (Å²) in [5.41, 5.74) is 3.23.